The van der Waals surface area contributed by atoms with Crippen molar-refractivity contribution in [1.82, 2.24) is 10.3 Å². The van der Waals surface area contributed by atoms with Crippen LogP contribution >= 0.6 is 0 Å². The Morgan fingerprint density at radius 3 is 2.81 bits per heavy atom. The molecule has 1 aromatic rings. The van der Waals surface area contributed by atoms with Gasteiger partial charge in [0.1, 0.15) is 11.8 Å². The van der Waals surface area contributed by atoms with Crippen LogP contribution in [0.2, 0.25) is 0 Å². The molecule has 1 aromatic heterocycles. The third-order valence-electron chi connectivity index (χ3n) is 4.17. The van der Waals surface area contributed by atoms with Gasteiger partial charge in [-0.15, -0.1) is 0 Å². The molecule has 5 nitrogen and oxygen atoms in total. The Kier molecular flexibility index (Phi) is 4.51. The fourth-order valence-electron chi connectivity index (χ4n) is 3.04. The Balaban J connectivity index is 1.50. The third kappa shape index (κ3) is 3.60. The molecule has 2 heterocycles. The van der Waals surface area contributed by atoms with Crippen LogP contribution < -0.4 is 5.32 Å². The van der Waals surface area contributed by atoms with Crippen LogP contribution in [0, 0.1) is 0 Å². The minimum Gasteiger partial charge on any atom is -0.348 e. The van der Waals surface area contributed by atoms with Crippen molar-refractivity contribution < 1.29 is 14.3 Å². The maximum Gasteiger partial charge on any atom is 0.269 e. The van der Waals surface area contributed by atoms with Crippen molar-refractivity contribution in [2.75, 3.05) is 13.2 Å². The summed E-state index contributed by atoms with van der Waals surface area (Å²) in [4.78, 5) is 16.0. The van der Waals surface area contributed by atoms with Gasteiger partial charge in [-0.1, -0.05) is 18.9 Å². The molecule has 0 unspecified atom stereocenters. The summed E-state index contributed by atoms with van der Waals surface area (Å²) in [6, 6.07) is 5.30. The average molecular weight is 290 g/mol. The van der Waals surface area contributed by atoms with E-state index in [1.807, 2.05) is 0 Å². The van der Waals surface area contributed by atoms with Gasteiger partial charge < -0.3 is 14.8 Å². The first-order chi connectivity index (χ1) is 10.3. The van der Waals surface area contributed by atoms with Gasteiger partial charge in [-0.2, -0.15) is 0 Å². The first kappa shape index (κ1) is 14.5. The Morgan fingerprint density at radius 1 is 1.29 bits per heavy atom. The van der Waals surface area contributed by atoms with Crippen molar-refractivity contribution in [1.29, 1.82) is 0 Å². The van der Waals surface area contributed by atoms with Crippen LogP contribution in [0.3, 0.4) is 0 Å². The molecule has 1 amide bonds. The van der Waals surface area contributed by atoms with E-state index in [0.717, 1.165) is 25.7 Å². The minimum atomic E-state index is -0.392. The van der Waals surface area contributed by atoms with E-state index in [2.05, 4.69) is 10.3 Å². The predicted octanol–water partition coefficient (Wildman–Crippen LogP) is 2.28. The minimum absolute atomic E-state index is 0.0595. The summed E-state index contributed by atoms with van der Waals surface area (Å²) < 4.78 is 12.0. The fraction of sp³-hybridized carbons (Fsp3) is 0.625. The molecular weight excluding hydrogens is 268 g/mol. The predicted molar refractivity (Wildman–Crippen MR) is 77.8 cm³/mol. The van der Waals surface area contributed by atoms with Gasteiger partial charge in [0.2, 0.25) is 0 Å². The van der Waals surface area contributed by atoms with Gasteiger partial charge in [-0.3, -0.25) is 9.78 Å². The van der Waals surface area contributed by atoms with Crippen LogP contribution in [0.25, 0.3) is 0 Å². The molecule has 2 fully saturated rings. The molecule has 1 saturated heterocycles. The van der Waals surface area contributed by atoms with Gasteiger partial charge in [0.25, 0.3) is 5.91 Å². The molecular formula is C16H22N2O3. The molecule has 0 aromatic carbocycles. The molecule has 2 aliphatic rings. The standard InChI is InChI=1S/C16H22N2O3/c19-15(14-7-3-6-10-17-14)18-11-13-12-20-16(21-13)8-4-1-2-5-9-16/h3,6-7,10,13H,1-2,4-5,8-9,11-12H2,(H,18,19)/t13-/m0/s1. The highest BCUT2D eigenvalue weighted by molar-refractivity contribution is 5.92. The maximum atomic E-state index is 12.0. The van der Waals surface area contributed by atoms with E-state index in [4.69, 9.17) is 9.47 Å². The lowest BCUT2D eigenvalue weighted by Crippen LogP contribution is -2.36. The molecule has 1 N–H and O–H groups in total. The zero-order valence-corrected chi connectivity index (χ0v) is 12.2. The zero-order valence-electron chi connectivity index (χ0n) is 12.2. The molecule has 1 aliphatic heterocycles. The summed E-state index contributed by atoms with van der Waals surface area (Å²) in [7, 11) is 0. The first-order valence-electron chi connectivity index (χ1n) is 7.78. The molecule has 1 atom stereocenters. The van der Waals surface area contributed by atoms with Gasteiger partial charge >= 0.3 is 0 Å². The van der Waals surface area contributed by atoms with Crippen molar-refractivity contribution in [3.05, 3.63) is 30.1 Å². The summed E-state index contributed by atoms with van der Waals surface area (Å²) in [5.74, 6) is -0.558. The monoisotopic (exact) mass is 290 g/mol. The SMILES string of the molecule is O=C(NC[C@H]1COC2(CCCCCC2)O1)c1ccccn1. The van der Waals surface area contributed by atoms with E-state index in [-0.39, 0.29) is 12.0 Å². The lowest BCUT2D eigenvalue weighted by molar-refractivity contribution is -0.175. The van der Waals surface area contributed by atoms with E-state index in [0.29, 0.717) is 18.8 Å². The van der Waals surface area contributed by atoms with Crippen molar-refractivity contribution in [3.63, 3.8) is 0 Å². The van der Waals surface area contributed by atoms with E-state index >= 15 is 0 Å². The second-order valence-corrected chi connectivity index (χ2v) is 5.80. The molecule has 21 heavy (non-hydrogen) atoms. The number of carbonyl (C=O) groups is 1. The van der Waals surface area contributed by atoms with Gasteiger partial charge in [0, 0.05) is 25.6 Å². The highest BCUT2D eigenvalue weighted by Crippen LogP contribution is 2.36. The Labute approximate surface area is 125 Å². The topological polar surface area (TPSA) is 60.5 Å². The number of hydrogen-bond acceptors (Lipinski definition) is 4. The second kappa shape index (κ2) is 6.54. The summed E-state index contributed by atoms with van der Waals surface area (Å²) in [5.41, 5.74) is 0.431. The van der Waals surface area contributed by atoms with Crippen LogP contribution in [0.15, 0.2) is 24.4 Å². The average Bonchev–Trinajstić information content (AvgIpc) is 2.77. The smallest absolute Gasteiger partial charge is 0.269 e. The number of ether oxygens (including phenoxy) is 2. The lowest BCUT2D eigenvalue weighted by Gasteiger charge is -2.26. The van der Waals surface area contributed by atoms with Crippen molar-refractivity contribution >= 4 is 5.91 Å². The Bertz CT molecular complexity index is 470. The van der Waals surface area contributed by atoms with Gasteiger partial charge in [-0.25, -0.2) is 0 Å². The number of hydrogen-bond donors (Lipinski definition) is 1. The van der Waals surface area contributed by atoms with Gasteiger partial charge in [-0.05, 0) is 25.0 Å². The van der Waals surface area contributed by atoms with Gasteiger partial charge in [0.15, 0.2) is 5.79 Å². The maximum absolute atomic E-state index is 12.0. The quantitative estimate of drug-likeness (QED) is 0.927. The highest BCUT2D eigenvalue weighted by atomic mass is 16.7. The van der Waals surface area contributed by atoms with E-state index in [9.17, 15) is 4.79 Å². The molecule has 3 rings (SSSR count). The Hall–Kier alpha value is -1.46. The number of aromatic nitrogens is 1. The van der Waals surface area contributed by atoms with Crippen LogP contribution in [0.4, 0.5) is 0 Å². The molecule has 0 radical (unpaired) electrons. The molecule has 5 heteroatoms. The summed E-state index contributed by atoms with van der Waals surface area (Å²) in [5, 5.41) is 2.87. The van der Waals surface area contributed by atoms with Crippen molar-refractivity contribution in [2.24, 2.45) is 0 Å². The van der Waals surface area contributed by atoms with Crippen LogP contribution in [-0.4, -0.2) is 35.9 Å². The second-order valence-electron chi connectivity index (χ2n) is 5.80. The number of carbonyl (C=O) groups excluding carboxylic acids is 1. The molecule has 1 aliphatic carbocycles. The number of amides is 1. The van der Waals surface area contributed by atoms with Crippen LogP contribution in [0.1, 0.15) is 49.0 Å². The van der Waals surface area contributed by atoms with Gasteiger partial charge in [0.05, 0.1) is 6.61 Å². The van der Waals surface area contributed by atoms with Crippen molar-refractivity contribution in [2.45, 2.75) is 50.4 Å². The molecule has 1 spiro atoms. The third-order valence-corrected chi connectivity index (χ3v) is 4.17. The summed E-state index contributed by atoms with van der Waals surface area (Å²) in [6.45, 7) is 1.03. The molecule has 114 valence electrons. The van der Waals surface area contributed by atoms with Crippen molar-refractivity contribution in [3.8, 4) is 0 Å². The lowest BCUT2D eigenvalue weighted by atomic mass is 10.1. The summed E-state index contributed by atoms with van der Waals surface area (Å²) in [6.07, 6.45) is 8.33. The molecule has 1 saturated carbocycles. The highest BCUT2D eigenvalue weighted by Gasteiger charge is 2.41. The normalized spacial score (nSPS) is 24.7. The summed E-state index contributed by atoms with van der Waals surface area (Å²) >= 11 is 0. The zero-order chi connectivity index (χ0) is 14.5. The van der Waals surface area contributed by atoms with Crippen LogP contribution in [0.5, 0.6) is 0 Å². The fourth-order valence-corrected chi connectivity index (χ4v) is 3.04. The first-order valence-corrected chi connectivity index (χ1v) is 7.78. The van der Waals surface area contributed by atoms with E-state index in [1.54, 1.807) is 24.4 Å². The van der Waals surface area contributed by atoms with E-state index in [1.165, 1.54) is 12.8 Å². The number of nitrogens with one attached hydrogen (secondary N) is 1. The number of rotatable bonds is 3. The largest absolute Gasteiger partial charge is 0.348 e. The number of pyridine rings is 1. The number of nitrogens with zero attached hydrogens (tertiary/aromatic N) is 1. The van der Waals surface area contributed by atoms with E-state index < -0.39 is 5.79 Å². The Morgan fingerprint density at radius 2 is 2.10 bits per heavy atom. The molecule has 0 bridgehead atoms. The van der Waals surface area contributed by atoms with Crippen LogP contribution in [-0.2, 0) is 9.47 Å².